The van der Waals surface area contributed by atoms with Crippen LogP contribution in [0.5, 0.6) is 0 Å². The molecule has 1 amide bonds. The number of carbonyl (C=O) groups excluding carboxylic acids is 1. The molecule has 0 radical (unpaired) electrons. The average Bonchev–Trinajstić information content (AvgIpc) is 2.32. The van der Waals surface area contributed by atoms with Crippen LogP contribution in [-0.4, -0.2) is 17.4 Å². The summed E-state index contributed by atoms with van der Waals surface area (Å²) >= 11 is 0. The van der Waals surface area contributed by atoms with Gasteiger partial charge in [0.1, 0.15) is 11.6 Å². The van der Waals surface area contributed by atoms with E-state index in [2.05, 4.69) is 10.3 Å². The van der Waals surface area contributed by atoms with Gasteiger partial charge in [-0.1, -0.05) is 12.8 Å². The second-order valence-corrected chi connectivity index (χ2v) is 3.86. The maximum absolute atomic E-state index is 12.6. The number of nitrogens with one attached hydrogen (secondary N) is 1. The third kappa shape index (κ3) is 5.97. The van der Waals surface area contributed by atoms with Crippen molar-refractivity contribution in [1.82, 2.24) is 4.98 Å². The van der Waals surface area contributed by atoms with Crippen molar-refractivity contribution in [2.75, 3.05) is 11.9 Å². The Morgan fingerprint density at radius 2 is 2.06 bits per heavy atom. The molecule has 0 aliphatic heterocycles. The first kappa shape index (κ1) is 13.6. The van der Waals surface area contributed by atoms with Gasteiger partial charge in [-0.05, 0) is 31.5 Å². The van der Waals surface area contributed by atoms with Crippen molar-refractivity contribution < 1.29 is 9.18 Å². The number of nitrogens with zero attached hydrogens (tertiary/aromatic N) is 1. The quantitative estimate of drug-likeness (QED) is 0.716. The number of pyridine rings is 1. The van der Waals surface area contributed by atoms with E-state index in [1.807, 2.05) is 0 Å². The van der Waals surface area contributed by atoms with Gasteiger partial charge in [0.25, 0.3) is 0 Å². The molecule has 0 saturated carbocycles. The third-order valence-electron chi connectivity index (χ3n) is 2.35. The monoisotopic (exact) mass is 239 g/mol. The molecule has 1 heterocycles. The minimum absolute atomic E-state index is 0.0862. The van der Waals surface area contributed by atoms with Crippen LogP contribution in [0.4, 0.5) is 10.2 Å². The summed E-state index contributed by atoms with van der Waals surface area (Å²) < 4.78 is 12.6. The number of amides is 1. The Bertz CT molecular complexity index is 340. The third-order valence-corrected chi connectivity index (χ3v) is 2.35. The van der Waals surface area contributed by atoms with E-state index in [0.717, 1.165) is 31.9 Å². The Hall–Kier alpha value is -1.49. The second-order valence-electron chi connectivity index (χ2n) is 3.86. The molecule has 1 aromatic rings. The number of anilines is 1. The van der Waals surface area contributed by atoms with E-state index in [0.29, 0.717) is 18.8 Å². The van der Waals surface area contributed by atoms with Gasteiger partial charge in [-0.2, -0.15) is 0 Å². The molecular formula is C12H18FN3O. The fourth-order valence-corrected chi connectivity index (χ4v) is 1.44. The van der Waals surface area contributed by atoms with Gasteiger partial charge in [0.15, 0.2) is 0 Å². The largest absolute Gasteiger partial charge is 0.330 e. The van der Waals surface area contributed by atoms with Crippen molar-refractivity contribution in [2.45, 2.75) is 32.1 Å². The molecule has 1 aromatic heterocycles. The predicted molar refractivity (Wildman–Crippen MR) is 65.0 cm³/mol. The fraction of sp³-hybridized carbons (Fsp3) is 0.500. The van der Waals surface area contributed by atoms with Crippen molar-refractivity contribution in [1.29, 1.82) is 0 Å². The van der Waals surface area contributed by atoms with Crippen molar-refractivity contribution in [2.24, 2.45) is 5.73 Å². The SMILES string of the molecule is NCCCCCCC(=O)Nc1ccc(F)cn1. The summed E-state index contributed by atoms with van der Waals surface area (Å²) in [6.07, 6.45) is 5.44. The first-order chi connectivity index (χ1) is 8.22. The lowest BCUT2D eigenvalue weighted by Crippen LogP contribution is -2.12. The number of hydrogen-bond acceptors (Lipinski definition) is 3. The van der Waals surface area contributed by atoms with Gasteiger partial charge >= 0.3 is 0 Å². The summed E-state index contributed by atoms with van der Waals surface area (Å²) in [7, 11) is 0. The first-order valence-corrected chi connectivity index (χ1v) is 5.84. The summed E-state index contributed by atoms with van der Waals surface area (Å²) in [4.78, 5) is 15.2. The molecule has 0 fully saturated rings. The number of rotatable bonds is 7. The minimum Gasteiger partial charge on any atom is -0.330 e. The van der Waals surface area contributed by atoms with E-state index in [1.54, 1.807) is 0 Å². The van der Waals surface area contributed by atoms with Gasteiger partial charge in [0, 0.05) is 6.42 Å². The van der Waals surface area contributed by atoms with Crippen molar-refractivity contribution >= 4 is 11.7 Å². The van der Waals surface area contributed by atoms with Gasteiger partial charge in [-0.25, -0.2) is 9.37 Å². The maximum Gasteiger partial charge on any atom is 0.225 e. The van der Waals surface area contributed by atoms with Crippen molar-refractivity contribution in [3.8, 4) is 0 Å². The van der Waals surface area contributed by atoms with Crippen LogP contribution >= 0.6 is 0 Å². The zero-order valence-corrected chi connectivity index (χ0v) is 9.79. The van der Waals surface area contributed by atoms with E-state index in [1.165, 1.54) is 12.1 Å². The Kier molecular flexibility index (Phi) is 6.17. The summed E-state index contributed by atoms with van der Waals surface area (Å²) in [6.45, 7) is 0.700. The van der Waals surface area contributed by atoms with Crippen LogP contribution in [-0.2, 0) is 4.79 Å². The molecule has 0 aliphatic rings. The van der Waals surface area contributed by atoms with Gasteiger partial charge < -0.3 is 11.1 Å². The molecule has 0 spiro atoms. The summed E-state index contributed by atoms with van der Waals surface area (Å²) in [6, 6.07) is 2.71. The van der Waals surface area contributed by atoms with Crippen molar-refractivity contribution in [3.05, 3.63) is 24.1 Å². The summed E-state index contributed by atoms with van der Waals surface area (Å²) in [5.41, 5.74) is 5.37. The molecular weight excluding hydrogens is 221 g/mol. The molecule has 0 aliphatic carbocycles. The van der Waals surface area contributed by atoms with Crippen LogP contribution in [0.2, 0.25) is 0 Å². The lowest BCUT2D eigenvalue weighted by atomic mass is 10.1. The molecule has 0 saturated heterocycles. The van der Waals surface area contributed by atoms with Crippen LogP contribution in [0.1, 0.15) is 32.1 Å². The smallest absolute Gasteiger partial charge is 0.225 e. The molecule has 3 N–H and O–H groups in total. The van der Waals surface area contributed by atoms with Gasteiger partial charge in [-0.15, -0.1) is 0 Å². The Morgan fingerprint density at radius 3 is 2.71 bits per heavy atom. The van der Waals surface area contributed by atoms with Crippen LogP contribution in [0, 0.1) is 5.82 Å². The lowest BCUT2D eigenvalue weighted by molar-refractivity contribution is -0.116. The Labute approximate surface area is 100 Å². The number of carbonyl (C=O) groups is 1. The van der Waals surface area contributed by atoms with Crippen LogP contribution in [0.3, 0.4) is 0 Å². The van der Waals surface area contributed by atoms with E-state index in [9.17, 15) is 9.18 Å². The highest BCUT2D eigenvalue weighted by Gasteiger charge is 2.02. The number of hydrogen-bond donors (Lipinski definition) is 2. The Morgan fingerprint density at radius 1 is 1.29 bits per heavy atom. The fourth-order valence-electron chi connectivity index (χ4n) is 1.44. The molecule has 0 unspecified atom stereocenters. The van der Waals surface area contributed by atoms with E-state index < -0.39 is 5.82 Å². The highest BCUT2D eigenvalue weighted by molar-refractivity contribution is 5.89. The first-order valence-electron chi connectivity index (χ1n) is 5.84. The van der Waals surface area contributed by atoms with Crippen molar-refractivity contribution in [3.63, 3.8) is 0 Å². The highest BCUT2D eigenvalue weighted by Crippen LogP contribution is 2.06. The van der Waals surface area contributed by atoms with E-state index in [-0.39, 0.29) is 5.91 Å². The Balaban J connectivity index is 2.18. The second kappa shape index (κ2) is 7.73. The number of nitrogens with two attached hydrogens (primary N) is 1. The number of unbranched alkanes of at least 4 members (excludes halogenated alkanes) is 3. The van der Waals surface area contributed by atoms with Gasteiger partial charge in [0.05, 0.1) is 6.20 Å². The molecule has 94 valence electrons. The average molecular weight is 239 g/mol. The number of aromatic nitrogens is 1. The summed E-state index contributed by atoms with van der Waals surface area (Å²) in [5.74, 6) is -0.111. The normalized spacial score (nSPS) is 10.2. The molecule has 0 bridgehead atoms. The lowest BCUT2D eigenvalue weighted by Gasteiger charge is -2.03. The van der Waals surface area contributed by atoms with E-state index in [4.69, 9.17) is 5.73 Å². The molecule has 0 aromatic carbocycles. The minimum atomic E-state index is -0.412. The zero-order chi connectivity index (χ0) is 12.5. The topological polar surface area (TPSA) is 68.0 Å². The summed E-state index contributed by atoms with van der Waals surface area (Å²) in [5, 5.41) is 2.62. The zero-order valence-electron chi connectivity index (χ0n) is 9.79. The van der Waals surface area contributed by atoms with Gasteiger partial charge in [0.2, 0.25) is 5.91 Å². The highest BCUT2D eigenvalue weighted by atomic mass is 19.1. The molecule has 5 heteroatoms. The molecule has 0 atom stereocenters. The van der Waals surface area contributed by atoms with Crippen LogP contribution in [0.15, 0.2) is 18.3 Å². The van der Waals surface area contributed by atoms with Crippen LogP contribution < -0.4 is 11.1 Å². The molecule has 1 rings (SSSR count). The number of halogens is 1. The standard InChI is InChI=1S/C12H18FN3O/c13-10-6-7-11(15-9-10)16-12(17)5-3-1-2-4-8-14/h6-7,9H,1-5,8,14H2,(H,15,16,17). The van der Waals surface area contributed by atoms with Gasteiger partial charge in [-0.3, -0.25) is 4.79 Å². The maximum atomic E-state index is 12.6. The van der Waals surface area contributed by atoms with Crippen LogP contribution in [0.25, 0.3) is 0 Å². The predicted octanol–water partition coefficient (Wildman–Crippen LogP) is 2.07. The molecule has 4 nitrogen and oxygen atoms in total. The van der Waals surface area contributed by atoms with E-state index >= 15 is 0 Å². The molecule has 17 heavy (non-hydrogen) atoms.